The molecule has 0 saturated heterocycles. The molecule has 0 bridgehead atoms. The Labute approximate surface area is 124 Å². The van der Waals surface area contributed by atoms with Gasteiger partial charge in [0.1, 0.15) is 5.75 Å². The van der Waals surface area contributed by atoms with Crippen LogP contribution in [0.4, 0.5) is 0 Å². The molecule has 108 valence electrons. The van der Waals surface area contributed by atoms with Gasteiger partial charge >= 0.3 is 0 Å². The molecule has 0 saturated carbocycles. The first-order valence-electron chi connectivity index (χ1n) is 7.28. The SMILES string of the molecule is CCc1cc(CC)n(-c2nccc3c(OC)cccc23)n1. The Balaban J connectivity index is 2.28. The second-order valence-corrected chi connectivity index (χ2v) is 4.94. The van der Waals surface area contributed by atoms with Gasteiger partial charge in [-0.2, -0.15) is 5.10 Å². The molecule has 4 nitrogen and oxygen atoms in total. The van der Waals surface area contributed by atoms with Crippen molar-refractivity contribution in [3.63, 3.8) is 0 Å². The van der Waals surface area contributed by atoms with E-state index in [2.05, 4.69) is 36.1 Å². The summed E-state index contributed by atoms with van der Waals surface area (Å²) in [6.45, 7) is 4.25. The van der Waals surface area contributed by atoms with Crippen molar-refractivity contribution < 1.29 is 4.74 Å². The van der Waals surface area contributed by atoms with Crippen molar-refractivity contribution in [3.05, 3.63) is 47.9 Å². The third-order valence-electron chi connectivity index (χ3n) is 3.72. The first-order chi connectivity index (χ1) is 10.3. The smallest absolute Gasteiger partial charge is 0.161 e. The van der Waals surface area contributed by atoms with Gasteiger partial charge in [-0.25, -0.2) is 9.67 Å². The minimum absolute atomic E-state index is 0.858. The van der Waals surface area contributed by atoms with Gasteiger partial charge in [-0.05, 0) is 31.0 Å². The van der Waals surface area contributed by atoms with Crippen LogP contribution in [0.5, 0.6) is 5.75 Å². The lowest BCUT2D eigenvalue weighted by Crippen LogP contribution is -2.05. The van der Waals surface area contributed by atoms with E-state index < -0.39 is 0 Å². The van der Waals surface area contributed by atoms with E-state index in [1.165, 1.54) is 5.69 Å². The van der Waals surface area contributed by atoms with Crippen LogP contribution in [-0.4, -0.2) is 21.9 Å². The van der Waals surface area contributed by atoms with Crippen molar-refractivity contribution in [2.45, 2.75) is 26.7 Å². The van der Waals surface area contributed by atoms with Crippen LogP contribution in [0.2, 0.25) is 0 Å². The first kappa shape index (κ1) is 13.6. The van der Waals surface area contributed by atoms with Gasteiger partial charge < -0.3 is 4.74 Å². The number of fused-ring (bicyclic) bond motifs is 1. The zero-order valence-electron chi connectivity index (χ0n) is 12.6. The van der Waals surface area contributed by atoms with Crippen molar-refractivity contribution in [1.29, 1.82) is 0 Å². The van der Waals surface area contributed by atoms with Crippen LogP contribution in [-0.2, 0) is 12.8 Å². The number of ether oxygens (including phenoxy) is 1. The normalized spacial score (nSPS) is 11.0. The summed E-state index contributed by atoms with van der Waals surface area (Å²) in [6, 6.07) is 10.1. The average Bonchev–Trinajstić information content (AvgIpc) is 2.97. The van der Waals surface area contributed by atoms with Crippen molar-refractivity contribution in [3.8, 4) is 11.6 Å². The first-order valence-corrected chi connectivity index (χ1v) is 7.28. The summed E-state index contributed by atoms with van der Waals surface area (Å²) in [5, 5.41) is 6.80. The highest BCUT2D eigenvalue weighted by atomic mass is 16.5. The third kappa shape index (κ3) is 2.27. The lowest BCUT2D eigenvalue weighted by Gasteiger charge is -2.10. The second kappa shape index (κ2) is 5.56. The Hall–Kier alpha value is -2.36. The van der Waals surface area contributed by atoms with E-state index in [0.717, 1.165) is 40.9 Å². The minimum Gasteiger partial charge on any atom is -0.496 e. The molecule has 0 amide bonds. The number of benzene rings is 1. The molecule has 2 aromatic heterocycles. The predicted octanol–water partition coefficient (Wildman–Crippen LogP) is 3.55. The molecular formula is C17H19N3O. The van der Waals surface area contributed by atoms with E-state index in [9.17, 15) is 0 Å². The molecule has 2 heterocycles. The molecule has 0 N–H and O–H groups in total. The monoisotopic (exact) mass is 281 g/mol. The maximum absolute atomic E-state index is 5.44. The van der Waals surface area contributed by atoms with Crippen LogP contribution in [0.25, 0.3) is 16.6 Å². The Bertz CT molecular complexity index is 777. The highest BCUT2D eigenvalue weighted by Gasteiger charge is 2.13. The van der Waals surface area contributed by atoms with Gasteiger partial charge in [0.2, 0.25) is 0 Å². The van der Waals surface area contributed by atoms with Crippen LogP contribution in [0, 0.1) is 0 Å². The van der Waals surface area contributed by atoms with E-state index in [4.69, 9.17) is 4.74 Å². The van der Waals surface area contributed by atoms with Gasteiger partial charge in [-0.15, -0.1) is 0 Å². The van der Waals surface area contributed by atoms with Crippen molar-refractivity contribution in [2.24, 2.45) is 0 Å². The fraction of sp³-hybridized carbons (Fsp3) is 0.294. The molecule has 0 spiro atoms. The Morgan fingerprint density at radius 3 is 2.67 bits per heavy atom. The maximum Gasteiger partial charge on any atom is 0.161 e. The second-order valence-electron chi connectivity index (χ2n) is 4.94. The van der Waals surface area contributed by atoms with Gasteiger partial charge in [-0.1, -0.05) is 26.0 Å². The minimum atomic E-state index is 0.858. The molecule has 0 fully saturated rings. The quantitative estimate of drug-likeness (QED) is 0.734. The molecule has 21 heavy (non-hydrogen) atoms. The summed E-state index contributed by atoms with van der Waals surface area (Å²) in [7, 11) is 1.69. The summed E-state index contributed by atoms with van der Waals surface area (Å²) in [5.41, 5.74) is 2.27. The molecule has 0 unspecified atom stereocenters. The molecule has 4 heteroatoms. The van der Waals surface area contributed by atoms with Crippen molar-refractivity contribution >= 4 is 10.8 Å². The average molecular weight is 281 g/mol. The molecule has 3 rings (SSSR count). The number of aryl methyl sites for hydroxylation is 2. The number of hydrogen-bond donors (Lipinski definition) is 0. The molecule has 0 radical (unpaired) electrons. The highest BCUT2D eigenvalue weighted by Crippen LogP contribution is 2.28. The molecular weight excluding hydrogens is 262 g/mol. The largest absolute Gasteiger partial charge is 0.496 e. The number of rotatable bonds is 4. The van der Waals surface area contributed by atoms with E-state index >= 15 is 0 Å². The standard InChI is InChI=1S/C17H19N3O/c1-4-12-11-13(5-2)20(19-12)17-15-7-6-8-16(21-3)14(15)9-10-18-17/h6-11H,4-5H2,1-3H3. The Morgan fingerprint density at radius 1 is 1.10 bits per heavy atom. The van der Waals surface area contributed by atoms with Gasteiger partial charge in [0, 0.05) is 22.7 Å². The fourth-order valence-electron chi connectivity index (χ4n) is 2.59. The molecule has 0 aliphatic rings. The summed E-state index contributed by atoms with van der Waals surface area (Å²) in [5.74, 6) is 1.72. The summed E-state index contributed by atoms with van der Waals surface area (Å²) in [6.07, 6.45) is 3.66. The highest BCUT2D eigenvalue weighted by molar-refractivity contribution is 5.93. The van der Waals surface area contributed by atoms with E-state index in [-0.39, 0.29) is 0 Å². The molecule has 0 aliphatic carbocycles. The van der Waals surface area contributed by atoms with Gasteiger partial charge in [0.05, 0.1) is 12.8 Å². The number of aromatic nitrogens is 3. The summed E-state index contributed by atoms with van der Waals surface area (Å²) < 4.78 is 7.40. The van der Waals surface area contributed by atoms with Crippen LogP contribution >= 0.6 is 0 Å². The van der Waals surface area contributed by atoms with Crippen LogP contribution in [0.1, 0.15) is 25.2 Å². The van der Waals surface area contributed by atoms with Gasteiger partial charge in [0.15, 0.2) is 5.82 Å². The molecule has 0 aliphatic heterocycles. The van der Waals surface area contributed by atoms with Crippen LogP contribution in [0.15, 0.2) is 36.5 Å². The van der Waals surface area contributed by atoms with Crippen molar-refractivity contribution in [2.75, 3.05) is 7.11 Å². The summed E-state index contributed by atoms with van der Waals surface area (Å²) >= 11 is 0. The fourth-order valence-corrected chi connectivity index (χ4v) is 2.59. The topological polar surface area (TPSA) is 39.9 Å². The molecule has 3 aromatic rings. The Kier molecular flexibility index (Phi) is 3.60. The molecule has 1 aromatic carbocycles. The number of pyridine rings is 1. The Morgan fingerprint density at radius 2 is 1.95 bits per heavy atom. The predicted molar refractivity (Wildman–Crippen MR) is 84.2 cm³/mol. The van der Waals surface area contributed by atoms with Gasteiger partial charge in [0.25, 0.3) is 0 Å². The van der Waals surface area contributed by atoms with Crippen LogP contribution in [0.3, 0.4) is 0 Å². The maximum atomic E-state index is 5.44. The van der Waals surface area contributed by atoms with E-state index in [0.29, 0.717) is 0 Å². The van der Waals surface area contributed by atoms with Crippen molar-refractivity contribution in [1.82, 2.24) is 14.8 Å². The van der Waals surface area contributed by atoms with Crippen LogP contribution < -0.4 is 4.74 Å². The zero-order chi connectivity index (χ0) is 14.8. The number of hydrogen-bond acceptors (Lipinski definition) is 3. The lowest BCUT2D eigenvalue weighted by atomic mass is 10.1. The number of methoxy groups -OCH3 is 1. The summed E-state index contributed by atoms with van der Waals surface area (Å²) in [4.78, 5) is 4.55. The van der Waals surface area contributed by atoms with E-state index in [1.807, 2.05) is 29.1 Å². The zero-order valence-corrected chi connectivity index (χ0v) is 12.6. The van der Waals surface area contributed by atoms with Gasteiger partial charge in [-0.3, -0.25) is 0 Å². The van der Waals surface area contributed by atoms with E-state index in [1.54, 1.807) is 7.11 Å². The lowest BCUT2D eigenvalue weighted by molar-refractivity contribution is 0.420. The number of nitrogens with zero attached hydrogens (tertiary/aromatic N) is 3. The molecule has 0 atom stereocenters. The third-order valence-corrected chi connectivity index (χ3v) is 3.72.